The van der Waals surface area contributed by atoms with Crippen molar-refractivity contribution in [2.75, 3.05) is 34.6 Å². The number of nitrogens with zero attached hydrogens (tertiary/aromatic N) is 2. The summed E-state index contributed by atoms with van der Waals surface area (Å²) in [6.45, 7) is 7.99. The minimum absolute atomic E-state index is 0.0417. The Bertz CT molecular complexity index is 972. The third-order valence-electron chi connectivity index (χ3n) is 5.26. The lowest BCUT2D eigenvalue weighted by Crippen LogP contribution is -2.50. The molecule has 162 valence electrons. The number of fused-ring (bicyclic) bond motifs is 1. The van der Waals surface area contributed by atoms with Crippen molar-refractivity contribution in [3.8, 4) is 5.75 Å². The van der Waals surface area contributed by atoms with Crippen LogP contribution in [0, 0.1) is 0 Å². The van der Waals surface area contributed by atoms with Gasteiger partial charge in [0.1, 0.15) is 5.75 Å². The van der Waals surface area contributed by atoms with Gasteiger partial charge in [-0.3, -0.25) is 9.10 Å². The molecule has 1 N–H and O–H groups in total. The van der Waals surface area contributed by atoms with E-state index >= 15 is 0 Å². The molecule has 2 aromatic carbocycles. The van der Waals surface area contributed by atoms with Gasteiger partial charge in [0.2, 0.25) is 10.0 Å². The zero-order valence-corrected chi connectivity index (χ0v) is 18.5. The first-order chi connectivity index (χ1) is 14.4. The van der Waals surface area contributed by atoms with Crippen LogP contribution in [0.1, 0.15) is 26.3 Å². The fraction of sp³-hybridized carbons (Fsp3) is 0.409. The van der Waals surface area contributed by atoms with Gasteiger partial charge in [-0.1, -0.05) is 24.3 Å². The lowest BCUT2D eigenvalue weighted by molar-refractivity contribution is -0.127. The summed E-state index contributed by atoms with van der Waals surface area (Å²) in [5.41, 5.74) is 2.58. The maximum Gasteiger partial charge on any atom is 0.263 e. The van der Waals surface area contributed by atoms with Crippen molar-refractivity contribution in [1.29, 1.82) is 0 Å². The molecule has 2 aromatic rings. The number of ether oxygens (including phenoxy) is 1. The van der Waals surface area contributed by atoms with Crippen LogP contribution in [0.5, 0.6) is 5.75 Å². The fourth-order valence-corrected chi connectivity index (χ4v) is 4.60. The fourth-order valence-electron chi connectivity index (χ4n) is 3.47. The van der Waals surface area contributed by atoms with Crippen LogP contribution >= 0.6 is 0 Å². The van der Waals surface area contributed by atoms with Gasteiger partial charge in [0.15, 0.2) is 6.10 Å². The van der Waals surface area contributed by atoms with Crippen molar-refractivity contribution in [2.45, 2.75) is 33.4 Å². The molecular weight excluding hydrogens is 402 g/mol. The number of anilines is 2. The zero-order chi connectivity index (χ0) is 21.7. The maximum absolute atomic E-state index is 12.7. The molecule has 0 saturated carbocycles. The highest BCUT2D eigenvalue weighted by Crippen LogP contribution is 2.35. The van der Waals surface area contributed by atoms with Gasteiger partial charge in [-0.05, 0) is 50.6 Å². The second kappa shape index (κ2) is 9.38. The molecule has 0 spiro atoms. The summed E-state index contributed by atoms with van der Waals surface area (Å²) in [6, 6.07) is 14.9. The van der Waals surface area contributed by atoms with Crippen LogP contribution < -0.4 is 19.3 Å². The quantitative estimate of drug-likeness (QED) is 0.695. The number of amides is 1. The van der Waals surface area contributed by atoms with Crippen LogP contribution in [0.15, 0.2) is 48.5 Å². The van der Waals surface area contributed by atoms with E-state index in [0.29, 0.717) is 18.0 Å². The molecule has 8 heteroatoms. The molecule has 7 nitrogen and oxygen atoms in total. The highest BCUT2D eigenvalue weighted by molar-refractivity contribution is 7.92. The van der Waals surface area contributed by atoms with Gasteiger partial charge in [-0.2, -0.15) is 0 Å². The Balaban J connectivity index is 1.69. The topological polar surface area (TPSA) is 79.0 Å². The van der Waals surface area contributed by atoms with E-state index in [2.05, 4.69) is 24.1 Å². The number of benzene rings is 2. The molecule has 0 radical (unpaired) electrons. The van der Waals surface area contributed by atoms with E-state index in [-0.39, 0.29) is 18.2 Å². The Morgan fingerprint density at radius 3 is 2.40 bits per heavy atom. The summed E-state index contributed by atoms with van der Waals surface area (Å²) in [4.78, 5) is 15.0. The average Bonchev–Trinajstić information content (AvgIpc) is 2.78. The van der Waals surface area contributed by atoms with Crippen molar-refractivity contribution >= 4 is 27.3 Å². The third kappa shape index (κ3) is 4.70. The largest absolute Gasteiger partial charge is 0.476 e. The second-order valence-electron chi connectivity index (χ2n) is 7.06. The van der Waals surface area contributed by atoms with Gasteiger partial charge in [0.05, 0.1) is 18.0 Å². The summed E-state index contributed by atoms with van der Waals surface area (Å²) in [6.07, 6.45) is -0.906. The van der Waals surface area contributed by atoms with Crippen LogP contribution in [0.2, 0.25) is 0 Å². The Hall–Kier alpha value is -2.74. The molecule has 0 bridgehead atoms. The first-order valence-electron chi connectivity index (χ1n) is 10.3. The number of hydrogen-bond acceptors (Lipinski definition) is 5. The van der Waals surface area contributed by atoms with Crippen LogP contribution in [0.25, 0.3) is 0 Å². The normalized spacial score (nSPS) is 15.8. The molecule has 1 amide bonds. The van der Waals surface area contributed by atoms with Gasteiger partial charge in [0, 0.05) is 25.3 Å². The predicted molar refractivity (Wildman–Crippen MR) is 120 cm³/mol. The predicted octanol–water partition coefficient (Wildman–Crippen LogP) is 2.77. The van der Waals surface area contributed by atoms with E-state index < -0.39 is 16.1 Å². The van der Waals surface area contributed by atoms with Crippen molar-refractivity contribution in [3.05, 3.63) is 54.1 Å². The second-order valence-corrected chi connectivity index (χ2v) is 9.24. The monoisotopic (exact) mass is 431 g/mol. The molecule has 1 unspecified atom stereocenters. The van der Waals surface area contributed by atoms with Gasteiger partial charge < -0.3 is 15.0 Å². The number of hydrogen-bond donors (Lipinski definition) is 1. The van der Waals surface area contributed by atoms with Gasteiger partial charge in [-0.15, -0.1) is 0 Å². The standard InChI is InChI=1S/C22H29N3O4S/c1-4-24(5-2)18-13-11-17(12-14-18)15-23-22(26)21-16-25(30(27,28)6-3)19-9-7-8-10-20(19)29-21/h7-14,21H,4-6,15-16H2,1-3H3,(H,23,26). The zero-order valence-electron chi connectivity index (χ0n) is 17.7. The molecule has 0 saturated heterocycles. The lowest BCUT2D eigenvalue weighted by Gasteiger charge is -2.34. The number of carbonyl (C=O) groups excluding carboxylic acids is 1. The number of rotatable bonds is 8. The summed E-state index contributed by atoms with van der Waals surface area (Å²) >= 11 is 0. The van der Waals surface area contributed by atoms with E-state index in [4.69, 9.17) is 4.74 Å². The molecule has 1 aliphatic rings. The van der Waals surface area contributed by atoms with Crippen molar-refractivity contribution < 1.29 is 17.9 Å². The van der Waals surface area contributed by atoms with E-state index in [0.717, 1.165) is 24.3 Å². The Labute approximate surface area is 178 Å². The smallest absolute Gasteiger partial charge is 0.263 e. The molecule has 0 fully saturated rings. The van der Waals surface area contributed by atoms with Gasteiger partial charge in [-0.25, -0.2) is 8.42 Å². The summed E-state index contributed by atoms with van der Waals surface area (Å²) in [5, 5.41) is 2.87. The van der Waals surface area contributed by atoms with Crippen LogP contribution in [0.4, 0.5) is 11.4 Å². The summed E-state index contributed by atoms with van der Waals surface area (Å²) in [7, 11) is -3.52. The summed E-state index contributed by atoms with van der Waals surface area (Å²) < 4.78 is 32.2. The lowest BCUT2D eigenvalue weighted by atomic mass is 10.1. The maximum atomic E-state index is 12.7. The van der Waals surface area contributed by atoms with Crippen molar-refractivity contribution in [1.82, 2.24) is 5.32 Å². The number of para-hydroxylation sites is 2. The van der Waals surface area contributed by atoms with E-state index in [1.54, 1.807) is 31.2 Å². The van der Waals surface area contributed by atoms with Crippen LogP contribution in [-0.4, -0.2) is 45.8 Å². The first-order valence-corrected chi connectivity index (χ1v) is 11.9. The molecule has 1 atom stereocenters. The summed E-state index contributed by atoms with van der Waals surface area (Å²) in [5.74, 6) is 0.00676. The van der Waals surface area contributed by atoms with Crippen molar-refractivity contribution in [3.63, 3.8) is 0 Å². The number of sulfonamides is 1. The third-order valence-corrected chi connectivity index (χ3v) is 7.01. The van der Waals surface area contributed by atoms with E-state index in [9.17, 15) is 13.2 Å². The SMILES string of the molecule is CCN(CC)c1ccc(CNC(=O)C2CN(S(=O)(=O)CC)c3ccccc3O2)cc1. The van der Waals surface area contributed by atoms with E-state index in [1.807, 2.05) is 24.3 Å². The first kappa shape index (κ1) is 22.0. The molecule has 1 aliphatic heterocycles. The van der Waals surface area contributed by atoms with Crippen LogP contribution in [0.3, 0.4) is 0 Å². The highest BCUT2D eigenvalue weighted by Gasteiger charge is 2.35. The van der Waals surface area contributed by atoms with Crippen LogP contribution in [-0.2, 0) is 21.4 Å². The number of nitrogens with one attached hydrogen (secondary N) is 1. The van der Waals surface area contributed by atoms with Gasteiger partial charge >= 0.3 is 0 Å². The molecule has 0 aliphatic carbocycles. The van der Waals surface area contributed by atoms with Gasteiger partial charge in [0.25, 0.3) is 5.91 Å². The van der Waals surface area contributed by atoms with Crippen molar-refractivity contribution in [2.24, 2.45) is 0 Å². The number of carbonyl (C=O) groups is 1. The Morgan fingerprint density at radius 2 is 1.77 bits per heavy atom. The molecule has 0 aromatic heterocycles. The molecule has 30 heavy (non-hydrogen) atoms. The Morgan fingerprint density at radius 1 is 1.10 bits per heavy atom. The minimum atomic E-state index is -3.52. The van der Waals surface area contributed by atoms with E-state index in [1.165, 1.54) is 4.31 Å². The molecule has 3 rings (SSSR count). The molecule has 1 heterocycles. The Kier molecular flexibility index (Phi) is 6.87. The molecular formula is C22H29N3O4S. The minimum Gasteiger partial charge on any atom is -0.476 e. The highest BCUT2D eigenvalue weighted by atomic mass is 32.2. The average molecular weight is 432 g/mol.